The number of methoxy groups -OCH3 is 3. The summed E-state index contributed by atoms with van der Waals surface area (Å²) in [6.07, 6.45) is 1.60. The number of benzene rings is 2. The molecule has 0 radical (unpaired) electrons. The Morgan fingerprint density at radius 2 is 1.77 bits per heavy atom. The monoisotopic (exact) mass is 359 g/mol. The zero-order chi connectivity index (χ0) is 19.1. The van der Waals surface area contributed by atoms with Crippen LogP contribution in [0, 0.1) is 0 Å². The standard InChI is InChI=1S/C20H25NO5/c1-24-16-8-6-14(7-9-16)15(12-19(21)23)5-4-13-10-17(22)20(26-3)18(11-13)25-2/h6-11,15,22H,4-5,12H2,1-3H3,(H2,21,23). The van der Waals surface area contributed by atoms with Gasteiger partial charge in [0.25, 0.3) is 0 Å². The van der Waals surface area contributed by atoms with Crippen molar-refractivity contribution in [2.75, 3.05) is 21.3 Å². The van der Waals surface area contributed by atoms with Gasteiger partial charge >= 0.3 is 0 Å². The lowest BCUT2D eigenvalue weighted by Gasteiger charge is -2.17. The number of phenols is 1. The second-order valence-electron chi connectivity index (χ2n) is 6.03. The first kappa shape index (κ1) is 19.4. The van der Waals surface area contributed by atoms with Gasteiger partial charge in [0.05, 0.1) is 21.3 Å². The molecular weight excluding hydrogens is 334 g/mol. The molecule has 0 saturated heterocycles. The third-order valence-corrected chi connectivity index (χ3v) is 4.34. The van der Waals surface area contributed by atoms with Crippen LogP contribution in [-0.2, 0) is 11.2 Å². The fourth-order valence-electron chi connectivity index (χ4n) is 2.99. The van der Waals surface area contributed by atoms with Gasteiger partial charge in [0.2, 0.25) is 11.7 Å². The molecule has 2 aromatic rings. The number of nitrogens with two attached hydrogens (primary N) is 1. The smallest absolute Gasteiger partial charge is 0.218 e. The van der Waals surface area contributed by atoms with E-state index in [9.17, 15) is 9.90 Å². The molecule has 0 aliphatic rings. The molecule has 0 heterocycles. The van der Waals surface area contributed by atoms with Crippen molar-refractivity contribution in [1.29, 1.82) is 0 Å². The van der Waals surface area contributed by atoms with Gasteiger partial charge in [-0.25, -0.2) is 0 Å². The van der Waals surface area contributed by atoms with E-state index in [1.165, 1.54) is 14.2 Å². The van der Waals surface area contributed by atoms with E-state index in [4.69, 9.17) is 19.9 Å². The number of amides is 1. The predicted octanol–water partition coefficient (Wildman–Crippen LogP) is 3.01. The highest BCUT2D eigenvalue weighted by molar-refractivity contribution is 5.74. The van der Waals surface area contributed by atoms with Crippen LogP contribution in [0.25, 0.3) is 0 Å². The van der Waals surface area contributed by atoms with Gasteiger partial charge in [-0.3, -0.25) is 4.79 Å². The van der Waals surface area contributed by atoms with Gasteiger partial charge in [0.1, 0.15) is 5.75 Å². The van der Waals surface area contributed by atoms with Gasteiger partial charge < -0.3 is 25.1 Å². The van der Waals surface area contributed by atoms with Crippen LogP contribution in [0.2, 0.25) is 0 Å². The van der Waals surface area contributed by atoms with Crippen LogP contribution in [0.4, 0.5) is 0 Å². The lowest BCUT2D eigenvalue weighted by atomic mass is 9.89. The molecule has 26 heavy (non-hydrogen) atoms. The molecule has 0 aliphatic heterocycles. The van der Waals surface area contributed by atoms with Crippen molar-refractivity contribution >= 4 is 5.91 Å². The van der Waals surface area contributed by atoms with Crippen molar-refractivity contribution in [3.05, 3.63) is 47.5 Å². The molecule has 0 saturated carbocycles. The second-order valence-corrected chi connectivity index (χ2v) is 6.03. The van der Waals surface area contributed by atoms with Gasteiger partial charge in [-0.2, -0.15) is 0 Å². The van der Waals surface area contributed by atoms with Crippen molar-refractivity contribution in [1.82, 2.24) is 0 Å². The summed E-state index contributed by atoms with van der Waals surface area (Å²) in [5, 5.41) is 10.1. The highest BCUT2D eigenvalue weighted by Gasteiger charge is 2.17. The molecule has 6 nitrogen and oxygen atoms in total. The minimum absolute atomic E-state index is 0.0198. The van der Waals surface area contributed by atoms with Crippen LogP contribution in [0.1, 0.15) is 29.9 Å². The molecule has 1 atom stereocenters. The fraction of sp³-hybridized carbons (Fsp3) is 0.350. The SMILES string of the molecule is COc1ccc(C(CCc2cc(O)c(OC)c(OC)c2)CC(N)=O)cc1. The highest BCUT2D eigenvalue weighted by Crippen LogP contribution is 2.38. The highest BCUT2D eigenvalue weighted by atomic mass is 16.5. The van der Waals surface area contributed by atoms with Crippen LogP contribution >= 0.6 is 0 Å². The summed E-state index contributed by atoms with van der Waals surface area (Å²) >= 11 is 0. The second kappa shape index (κ2) is 8.99. The quantitative estimate of drug-likeness (QED) is 0.718. The third kappa shape index (κ3) is 4.81. The molecule has 0 spiro atoms. The van der Waals surface area contributed by atoms with Crippen LogP contribution in [-0.4, -0.2) is 32.3 Å². The number of phenolic OH excluding ortho intramolecular Hbond substituents is 1. The number of rotatable bonds is 9. The number of carbonyl (C=O) groups is 1. The molecule has 2 rings (SSSR count). The van der Waals surface area contributed by atoms with E-state index in [0.717, 1.165) is 16.9 Å². The molecule has 0 bridgehead atoms. The van der Waals surface area contributed by atoms with E-state index in [2.05, 4.69) is 0 Å². The van der Waals surface area contributed by atoms with Crippen molar-refractivity contribution in [2.24, 2.45) is 5.73 Å². The summed E-state index contributed by atoms with van der Waals surface area (Å²) in [4.78, 5) is 11.5. The van der Waals surface area contributed by atoms with Crippen molar-refractivity contribution in [3.63, 3.8) is 0 Å². The maximum atomic E-state index is 11.5. The van der Waals surface area contributed by atoms with E-state index < -0.39 is 0 Å². The largest absolute Gasteiger partial charge is 0.504 e. The number of primary amides is 1. The van der Waals surface area contributed by atoms with E-state index in [-0.39, 0.29) is 24.0 Å². The van der Waals surface area contributed by atoms with Gasteiger partial charge in [0, 0.05) is 6.42 Å². The topological polar surface area (TPSA) is 91.0 Å². The Bertz CT molecular complexity index is 743. The van der Waals surface area contributed by atoms with Crippen LogP contribution in [0.15, 0.2) is 36.4 Å². The number of aryl methyl sites for hydroxylation is 1. The molecule has 1 amide bonds. The molecular formula is C20H25NO5. The zero-order valence-electron chi connectivity index (χ0n) is 15.3. The van der Waals surface area contributed by atoms with Crippen LogP contribution < -0.4 is 19.9 Å². The van der Waals surface area contributed by atoms with Crippen LogP contribution in [0.3, 0.4) is 0 Å². The number of carbonyl (C=O) groups excluding carboxylic acids is 1. The summed E-state index contributed by atoms with van der Waals surface area (Å²) in [6.45, 7) is 0. The third-order valence-electron chi connectivity index (χ3n) is 4.34. The Morgan fingerprint density at radius 3 is 2.31 bits per heavy atom. The van der Waals surface area contributed by atoms with E-state index in [0.29, 0.717) is 24.3 Å². The van der Waals surface area contributed by atoms with E-state index >= 15 is 0 Å². The molecule has 140 valence electrons. The first-order valence-electron chi connectivity index (χ1n) is 8.34. The molecule has 0 fully saturated rings. The van der Waals surface area contributed by atoms with Crippen LogP contribution in [0.5, 0.6) is 23.0 Å². The number of ether oxygens (including phenoxy) is 3. The number of hydrogen-bond donors (Lipinski definition) is 2. The average Bonchev–Trinajstić information content (AvgIpc) is 2.64. The molecule has 6 heteroatoms. The summed E-state index contributed by atoms with van der Waals surface area (Å²) in [5.41, 5.74) is 7.34. The summed E-state index contributed by atoms with van der Waals surface area (Å²) in [7, 11) is 4.61. The van der Waals surface area contributed by atoms with Gasteiger partial charge in [-0.15, -0.1) is 0 Å². The van der Waals surface area contributed by atoms with Crippen molar-refractivity contribution in [2.45, 2.75) is 25.2 Å². The summed E-state index contributed by atoms with van der Waals surface area (Å²) in [6, 6.07) is 11.1. The maximum absolute atomic E-state index is 11.5. The van der Waals surface area contributed by atoms with Gasteiger partial charge in [-0.1, -0.05) is 12.1 Å². The first-order chi connectivity index (χ1) is 12.5. The van der Waals surface area contributed by atoms with E-state index in [1.54, 1.807) is 13.2 Å². The normalized spacial score (nSPS) is 11.7. The number of hydrogen-bond acceptors (Lipinski definition) is 5. The van der Waals surface area contributed by atoms with Crippen molar-refractivity contribution in [3.8, 4) is 23.0 Å². The molecule has 3 N–H and O–H groups in total. The zero-order valence-corrected chi connectivity index (χ0v) is 15.3. The number of aromatic hydroxyl groups is 1. The Labute approximate surface area is 153 Å². The fourth-order valence-corrected chi connectivity index (χ4v) is 2.99. The Morgan fingerprint density at radius 1 is 1.08 bits per heavy atom. The average molecular weight is 359 g/mol. The van der Waals surface area contributed by atoms with Gasteiger partial charge in [-0.05, 0) is 54.2 Å². The minimum Gasteiger partial charge on any atom is -0.504 e. The summed E-state index contributed by atoms with van der Waals surface area (Å²) < 4.78 is 15.6. The minimum atomic E-state index is -0.346. The van der Waals surface area contributed by atoms with E-state index in [1.807, 2.05) is 30.3 Å². The van der Waals surface area contributed by atoms with Crippen molar-refractivity contribution < 1.29 is 24.1 Å². The summed E-state index contributed by atoms with van der Waals surface area (Å²) in [5.74, 6) is 1.20. The molecule has 0 aromatic heterocycles. The maximum Gasteiger partial charge on any atom is 0.218 e. The van der Waals surface area contributed by atoms with Gasteiger partial charge in [0.15, 0.2) is 11.5 Å². The predicted molar refractivity (Wildman–Crippen MR) is 99.1 cm³/mol. The molecule has 2 aromatic carbocycles. The Hall–Kier alpha value is -2.89. The lowest BCUT2D eigenvalue weighted by Crippen LogP contribution is -2.16. The molecule has 0 aliphatic carbocycles. The Balaban J connectivity index is 2.18. The first-order valence-corrected chi connectivity index (χ1v) is 8.34. The molecule has 1 unspecified atom stereocenters. The Kier molecular flexibility index (Phi) is 6.72. The lowest BCUT2D eigenvalue weighted by molar-refractivity contribution is -0.118.